The first-order chi connectivity index (χ1) is 8.08. The molecule has 1 rings (SSSR count). The highest BCUT2D eigenvalue weighted by Gasteiger charge is 2.14. The van der Waals surface area contributed by atoms with Crippen LogP contribution in [0.15, 0.2) is 23.1 Å². The topological polar surface area (TPSA) is 61.8 Å². The van der Waals surface area contributed by atoms with Gasteiger partial charge < -0.3 is 19.1 Å². The molecule has 0 aliphatic rings. The summed E-state index contributed by atoms with van der Waals surface area (Å²) in [4.78, 5) is 0.561. The molecule has 0 fully saturated rings. The van der Waals surface area contributed by atoms with Gasteiger partial charge in [-0.3, -0.25) is 0 Å². The summed E-state index contributed by atoms with van der Waals surface area (Å²) in [6, 6.07) is 5.01. The standard InChI is InChI=1S/C11H15ClO4S/c1-15-10-4-3-9(5-11(10)17(2)14)16-7-8(13)6-12/h3-5,8,13H,6-7H2,1-2H3. The predicted octanol–water partition coefficient (Wildman–Crippen LogP) is 1.41. The highest BCUT2D eigenvalue weighted by atomic mass is 35.5. The summed E-state index contributed by atoms with van der Waals surface area (Å²) in [6.45, 7) is 0.103. The van der Waals surface area contributed by atoms with Gasteiger partial charge in [0.1, 0.15) is 24.7 Å². The zero-order valence-corrected chi connectivity index (χ0v) is 11.3. The third-order valence-corrected chi connectivity index (χ3v) is 3.36. The number of ether oxygens (including phenoxy) is 2. The summed E-state index contributed by atoms with van der Waals surface area (Å²) in [6.07, 6.45) is 0.851. The third-order valence-electron chi connectivity index (χ3n) is 2.07. The van der Waals surface area contributed by atoms with Crippen molar-refractivity contribution in [3.8, 4) is 11.5 Å². The van der Waals surface area contributed by atoms with Crippen molar-refractivity contribution in [2.75, 3.05) is 25.9 Å². The van der Waals surface area contributed by atoms with Crippen LogP contribution < -0.4 is 9.47 Å². The van der Waals surface area contributed by atoms with E-state index >= 15 is 0 Å². The van der Waals surface area contributed by atoms with Gasteiger partial charge in [-0.15, -0.1) is 11.6 Å². The molecule has 0 saturated heterocycles. The van der Waals surface area contributed by atoms with Crippen molar-refractivity contribution < 1.29 is 19.1 Å². The van der Waals surface area contributed by atoms with Gasteiger partial charge in [-0.05, 0) is 23.3 Å². The Morgan fingerprint density at radius 1 is 1.53 bits per heavy atom. The van der Waals surface area contributed by atoms with Crippen LogP contribution in [0, 0.1) is 0 Å². The van der Waals surface area contributed by atoms with Gasteiger partial charge in [-0.25, -0.2) is 0 Å². The monoisotopic (exact) mass is 278 g/mol. The lowest BCUT2D eigenvalue weighted by atomic mass is 10.3. The van der Waals surface area contributed by atoms with E-state index in [1.54, 1.807) is 24.5 Å². The maximum Gasteiger partial charge on any atom is 0.197 e. The molecule has 0 amide bonds. The quantitative estimate of drug-likeness (QED) is 0.631. The van der Waals surface area contributed by atoms with Crippen LogP contribution in [0.4, 0.5) is 0 Å². The van der Waals surface area contributed by atoms with Crippen molar-refractivity contribution in [3.63, 3.8) is 0 Å². The molecule has 6 heteroatoms. The number of hydrogen-bond acceptors (Lipinski definition) is 4. The molecule has 17 heavy (non-hydrogen) atoms. The minimum atomic E-state index is -1.16. The van der Waals surface area contributed by atoms with E-state index in [1.807, 2.05) is 0 Å². The number of methoxy groups -OCH3 is 1. The zero-order chi connectivity index (χ0) is 12.8. The van der Waals surface area contributed by atoms with Crippen LogP contribution >= 0.6 is 11.6 Å². The molecular formula is C11H15ClO4S. The number of halogens is 1. The van der Waals surface area contributed by atoms with Crippen molar-refractivity contribution in [2.24, 2.45) is 0 Å². The van der Waals surface area contributed by atoms with E-state index in [0.717, 1.165) is 0 Å². The SMILES string of the molecule is COc1ccc(OCC(O)CCl)cc1[S+](C)[O-]. The Bertz CT molecular complexity index is 359. The summed E-state index contributed by atoms with van der Waals surface area (Å²) in [5.74, 6) is 1.19. The Morgan fingerprint density at radius 2 is 2.24 bits per heavy atom. The molecule has 0 aromatic heterocycles. The van der Waals surface area contributed by atoms with E-state index < -0.39 is 17.3 Å². The molecule has 96 valence electrons. The summed E-state index contributed by atoms with van der Waals surface area (Å²) in [7, 11) is 1.52. The van der Waals surface area contributed by atoms with Crippen molar-refractivity contribution in [1.29, 1.82) is 0 Å². The second kappa shape index (κ2) is 6.96. The Morgan fingerprint density at radius 3 is 2.76 bits per heavy atom. The molecule has 0 bridgehead atoms. The van der Waals surface area contributed by atoms with Gasteiger partial charge in [0.05, 0.1) is 13.0 Å². The minimum Gasteiger partial charge on any atom is -0.612 e. The van der Waals surface area contributed by atoms with E-state index in [0.29, 0.717) is 16.4 Å². The summed E-state index contributed by atoms with van der Waals surface area (Å²) in [5, 5.41) is 9.26. The average molecular weight is 279 g/mol. The highest BCUT2D eigenvalue weighted by molar-refractivity contribution is 7.90. The first-order valence-electron chi connectivity index (χ1n) is 4.96. The second-order valence-electron chi connectivity index (χ2n) is 3.39. The summed E-state index contributed by atoms with van der Waals surface area (Å²) in [5.41, 5.74) is 0. The molecule has 2 unspecified atom stereocenters. The molecule has 1 aromatic carbocycles. The van der Waals surface area contributed by atoms with E-state index in [1.165, 1.54) is 7.11 Å². The number of rotatable bonds is 6. The predicted molar refractivity (Wildman–Crippen MR) is 67.5 cm³/mol. The van der Waals surface area contributed by atoms with E-state index in [4.69, 9.17) is 21.1 Å². The van der Waals surface area contributed by atoms with Gasteiger partial charge in [0, 0.05) is 6.07 Å². The van der Waals surface area contributed by atoms with Crippen LogP contribution in [0.2, 0.25) is 0 Å². The van der Waals surface area contributed by atoms with Crippen LogP contribution in [0.5, 0.6) is 11.5 Å². The van der Waals surface area contributed by atoms with E-state index in [9.17, 15) is 9.66 Å². The fourth-order valence-corrected chi connectivity index (χ4v) is 2.01. The van der Waals surface area contributed by atoms with Crippen molar-refractivity contribution in [3.05, 3.63) is 18.2 Å². The van der Waals surface area contributed by atoms with Gasteiger partial charge in [-0.1, -0.05) is 0 Å². The molecular weight excluding hydrogens is 264 g/mol. The van der Waals surface area contributed by atoms with Crippen LogP contribution in [0.3, 0.4) is 0 Å². The molecule has 0 heterocycles. The molecule has 0 radical (unpaired) electrons. The summed E-state index contributed by atoms with van der Waals surface area (Å²) < 4.78 is 21.9. The molecule has 1 aromatic rings. The van der Waals surface area contributed by atoms with Crippen LogP contribution in [-0.2, 0) is 11.2 Å². The van der Waals surface area contributed by atoms with Crippen LogP contribution in [0.1, 0.15) is 0 Å². The number of alkyl halides is 1. The van der Waals surface area contributed by atoms with Gasteiger partial charge in [0.2, 0.25) is 0 Å². The van der Waals surface area contributed by atoms with E-state index in [-0.39, 0.29) is 12.5 Å². The molecule has 0 aliphatic heterocycles. The second-order valence-corrected chi connectivity index (χ2v) is 5.04. The minimum absolute atomic E-state index is 0.103. The molecule has 4 nitrogen and oxygen atoms in total. The van der Waals surface area contributed by atoms with Crippen LogP contribution in [-0.4, -0.2) is 41.6 Å². The number of aliphatic hydroxyl groups is 1. The van der Waals surface area contributed by atoms with Gasteiger partial charge in [-0.2, -0.15) is 0 Å². The first kappa shape index (κ1) is 14.4. The van der Waals surface area contributed by atoms with Gasteiger partial charge >= 0.3 is 0 Å². The fraction of sp³-hybridized carbons (Fsp3) is 0.455. The summed E-state index contributed by atoms with van der Waals surface area (Å²) >= 11 is 4.29. The van der Waals surface area contributed by atoms with E-state index in [2.05, 4.69) is 0 Å². The lowest BCUT2D eigenvalue weighted by molar-refractivity contribution is 0.125. The third kappa shape index (κ3) is 4.27. The molecule has 0 spiro atoms. The van der Waals surface area contributed by atoms with Crippen LogP contribution in [0.25, 0.3) is 0 Å². The number of benzene rings is 1. The maximum absolute atomic E-state index is 11.5. The van der Waals surface area contributed by atoms with Crippen molar-refractivity contribution >= 4 is 22.8 Å². The Balaban J connectivity index is 2.78. The largest absolute Gasteiger partial charge is 0.612 e. The Labute approximate surface area is 109 Å². The molecule has 2 atom stereocenters. The zero-order valence-electron chi connectivity index (χ0n) is 9.68. The Hall–Kier alpha value is -0.620. The molecule has 1 N–H and O–H groups in total. The molecule has 0 saturated carbocycles. The number of aliphatic hydroxyl groups excluding tert-OH is 1. The average Bonchev–Trinajstić information content (AvgIpc) is 2.35. The Kier molecular flexibility index (Phi) is 5.91. The fourth-order valence-electron chi connectivity index (χ4n) is 1.21. The molecule has 0 aliphatic carbocycles. The van der Waals surface area contributed by atoms with Gasteiger partial charge in [0.15, 0.2) is 10.6 Å². The lowest BCUT2D eigenvalue weighted by Crippen LogP contribution is -2.18. The smallest absolute Gasteiger partial charge is 0.197 e. The number of hydrogen-bond donors (Lipinski definition) is 1. The normalized spacial score (nSPS) is 14.2. The highest BCUT2D eigenvalue weighted by Crippen LogP contribution is 2.28. The van der Waals surface area contributed by atoms with Gasteiger partial charge in [0.25, 0.3) is 0 Å². The first-order valence-corrected chi connectivity index (χ1v) is 7.06. The van der Waals surface area contributed by atoms with Crippen molar-refractivity contribution in [2.45, 2.75) is 11.0 Å². The van der Waals surface area contributed by atoms with Crippen molar-refractivity contribution in [1.82, 2.24) is 0 Å². The lowest BCUT2D eigenvalue weighted by Gasteiger charge is -2.13. The maximum atomic E-state index is 11.5.